The first-order valence-corrected chi connectivity index (χ1v) is 30.6. The number of non-ortho nitro benzene ring substituents is 2. The van der Waals surface area contributed by atoms with Gasteiger partial charge in [0.05, 0.1) is 45.3 Å². The number of nitro groups is 2. The van der Waals surface area contributed by atoms with Crippen LogP contribution in [0.3, 0.4) is 0 Å². The molecular weight excluding hydrogens is 1170 g/mol. The fraction of sp³-hybridized carbons (Fsp3) is 0.324. The number of ether oxygens (including phenoxy) is 8. The Labute approximate surface area is 528 Å². The Morgan fingerprint density at radius 2 is 0.703 bits per heavy atom. The normalized spacial score (nSPS) is 10.8. The highest BCUT2D eigenvalue weighted by atomic mass is 16.6. The molecular formula is C71H74N2O18. The summed E-state index contributed by atoms with van der Waals surface area (Å²) in [5, 5.41) is 22.5. The molecule has 0 N–H and O–H groups in total. The number of carbonyl (C=O) groups excluding carboxylic acids is 6. The monoisotopic (exact) mass is 1240 g/mol. The van der Waals surface area contributed by atoms with Gasteiger partial charge in [0.1, 0.15) is 58.8 Å². The van der Waals surface area contributed by atoms with Crippen molar-refractivity contribution in [1.82, 2.24) is 0 Å². The molecule has 0 atom stereocenters. The molecule has 476 valence electrons. The summed E-state index contributed by atoms with van der Waals surface area (Å²) < 4.78 is 45.8. The lowest BCUT2D eigenvalue weighted by atomic mass is 10.0. The van der Waals surface area contributed by atoms with Crippen LogP contribution < -0.4 is 28.4 Å². The first-order valence-electron chi connectivity index (χ1n) is 30.6. The van der Waals surface area contributed by atoms with Gasteiger partial charge in [0, 0.05) is 24.3 Å². The van der Waals surface area contributed by atoms with E-state index >= 15 is 0 Å². The predicted octanol–water partition coefficient (Wildman–Crippen LogP) is 16.4. The summed E-state index contributed by atoms with van der Waals surface area (Å²) in [7, 11) is 0. The van der Waals surface area contributed by atoms with Gasteiger partial charge in [0.25, 0.3) is 11.4 Å². The van der Waals surface area contributed by atoms with Gasteiger partial charge >= 0.3 is 35.8 Å². The fourth-order valence-corrected chi connectivity index (χ4v) is 9.47. The van der Waals surface area contributed by atoms with Gasteiger partial charge in [0.15, 0.2) is 0 Å². The van der Waals surface area contributed by atoms with Crippen LogP contribution in [0.1, 0.15) is 195 Å². The second-order valence-electron chi connectivity index (χ2n) is 21.5. The minimum Gasteiger partial charge on any atom is -0.494 e. The highest BCUT2D eigenvalue weighted by Crippen LogP contribution is 2.31. The zero-order chi connectivity index (χ0) is 64.9. The molecule has 0 radical (unpaired) electrons. The molecule has 0 saturated heterocycles. The largest absolute Gasteiger partial charge is 0.494 e. The van der Waals surface area contributed by atoms with Crippen molar-refractivity contribution in [2.24, 2.45) is 0 Å². The minimum atomic E-state index is -1.05. The number of nitro benzene ring substituents is 2. The first-order chi connectivity index (χ1) is 44.1. The summed E-state index contributed by atoms with van der Waals surface area (Å²) in [6, 6.07) is 34.7. The van der Waals surface area contributed by atoms with E-state index in [1.54, 1.807) is 24.3 Å². The third kappa shape index (κ3) is 21.5. The molecule has 0 amide bonds. The number of unbranched alkanes of at least 4 members (excludes halogenated alkanes) is 14. The summed E-state index contributed by atoms with van der Waals surface area (Å²) in [4.78, 5) is 104. The van der Waals surface area contributed by atoms with Crippen molar-refractivity contribution in [2.45, 2.75) is 137 Å². The molecule has 0 unspecified atom stereocenters. The third-order valence-electron chi connectivity index (χ3n) is 14.7. The second-order valence-corrected chi connectivity index (χ2v) is 21.5. The quantitative estimate of drug-likeness (QED) is 0.0116. The topological polar surface area (TPSA) is 263 Å². The molecule has 0 saturated carbocycles. The van der Waals surface area contributed by atoms with Gasteiger partial charge in [0.2, 0.25) is 0 Å². The van der Waals surface area contributed by atoms with Gasteiger partial charge < -0.3 is 37.9 Å². The number of esters is 6. The highest BCUT2D eigenvalue weighted by molar-refractivity contribution is 6.02. The summed E-state index contributed by atoms with van der Waals surface area (Å²) >= 11 is 0. The Morgan fingerprint density at radius 3 is 1.05 bits per heavy atom. The molecule has 0 heterocycles. The second kappa shape index (κ2) is 35.7. The number of rotatable bonds is 36. The summed E-state index contributed by atoms with van der Waals surface area (Å²) in [5.41, 5.74) is -0.214. The van der Waals surface area contributed by atoms with E-state index < -0.39 is 45.7 Å². The maximum atomic E-state index is 14.2. The van der Waals surface area contributed by atoms with E-state index in [0.29, 0.717) is 35.8 Å². The molecule has 7 aromatic rings. The Morgan fingerprint density at radius 1 is 0.363 bits per heavy atom. The van der Waals surface area contributed by atoms with Gasteiger partial charge in [-0.15, -0.1) is 0 Å². The van der Waals surface area contributed by atoms with Crippen LogP contribution in [-0.4, -0.2) is 58.9 Å². The third-order valence-corrected chi connectivity index (χ3v) is 14.7. The first kappa shape index (κ1) is 68.3. The van der Waals surface area contributed by atoms with E-state index in [2.05, 4.69) is 13.8 Å². The fourth-order valence-electron chi connectivity index (χ4n) is 9.47. The summed E-state index contributed by atoms with van der Waals surface area (Å²) in [6.45, 7) is 6.16. The average Bonchev–Trinajstić information content (AvgIpc) is 1.18. The predicted molar refractivity (Wildman–Crippen MR) is 337 cm³/mol. The van der Waals surface area contributed by atoms with Gasteiger partial charge in [-0.3, -0.25) is 20.2 Å². The molecule has 0 aliphatic carbocycles. The zero-order valence-corrected chi connectivity index (χ0v) is 51.3. The van der Waals surface area contributed by atoms with E-state index in [1.165, 1.54) is 186 Å². The van der Waals surface area contributed by atoms with Crippen LogP contribution in [0.4, 0.5) is 11.4 Å². The van der Waals surface area contributed by atoms with Crippen molar-refractivity contribution >= 4 is 47.2 Å². The van der Waals surface area contributed by atoms with Crippen molar-refractivity contribution < 1.29 is 76.5 Å². The minimum absolute atomic E-state index is 0.0485. The van der Waals surface area contributed by atoms with Gasteiger partial charge in [-0.2, -0.15) is 0 Å². The van der Waals surface area contributed by atoms with Gasteiger partial charge in [-0.25, -0.2) is 28.8 Å². The Kier molecular flexibility index (Phi) is 26.8. The van der Waals surface area contributed by atoms with Crippen LogP contribution >= 0.6 is 0 Å². The summed E-state index contributed by atoms with van der Waals surface area (Å²) in [5.74, 6) is -5.47. The van der Waals surface area contributed by atoms with Crippen molar-refractivity contribution in [1.29, 1.82) is 0 Å². The molecule has 91 heavy (non-hydrogen) atoms. The van der Waals surface area contributed by atoms with Crippen LogP contribution in [0.5, 0.6) is 34.5 Å². The molecule has 0 bridgehead atoms. The number of carbonyl (C=O) groups is 6. The molecule has 0 spiro atoms. The maximum absolute atomic E-state index is 14.2. The van der Waals surface area contributed by atoms with Crippen molar-refractivity contribution in [2.75, 3.05) is 13.2 Å². The van der Waals surface area contributed by atoms with Gasteiger partial charge in [-0.1, -0.05) is 110 Å². The van der Waals surface area contributed by atoms with Gasteiger partial charge in [-0.05, 0) is 158 Å². The molecule has 0 fully saturated rings. The molecule has 7 aromatic carbocycles. The van der Waals surface area contributed by atoms with E-state index in [9.17, 15) is 49.0 Å². The molecule has 20 nitrogen and oxygen atoms in total. The Bertz CT molecular complexity index is 3370. The van der Waals surface area contributed by atoms with E-state index in [0.717, 1.165) is 50.7 Å². The molecule has 0 aromatic heterocycles. The standard InChI is InChI=1S/C71H74N2O18/c1-4-6-8-10-12-14-16-18-43-84-56-35-27-52(28-36-56)66(74)88-58-39-41-64(62(45-58)68(76)86-47-50-23-31-54(32-24-50)72(80)81)90-70(78)60-21-20-22-61(49(60)3)71(79)91-65-42-40-59(46-63(65)69(77)87-48-51-25-33-55(34-26-51)73(82)83)89-67(75)53-29-37-57(38-30-53)85-44-19-17-15-13-11-9-7-5-2/h20-42,45-46H,4-19,43-44,47-48H2,1-3H3. The number of benzene rings is 7. The van der Waals surface area contributed by atoms with E-state index in [-0.39, 0.29) is 86.5 Å². The van der Waals surface area contributed by atoms with Crippen LogP contribution in [-0.2, 0) is 22.7 Å². The van der Waals surface area contributed by atoms with E-state index in [4.69, 9.17) is 37.9 Å². The smallest absolute Gasteiger partial charge is 0.343 e. The molecule has 0 aliphatic rings. The number of hydrogen-bond acceptors (Lipinski definition) is 18. The lowest BCUT2D eigenvalue weighted by molar-refractivity contribution is -0.385. The lowest BCUT2D eigenvalue weighted by Gasteiger charge is -2.15. The number of nitrogens with zero attached hydrogens (tertiary/aromatic N) is 2. The van der Waals surface area contributed by atoms with Crippen molar-refractivity contribution in [3.63, 3.8) is 0 Å². The zero-order valence-electron chi connectivity index (χ0n) is 51.3. The van der Waals surface area contributed by atoms with E-state index in [1.807, 2.05) is 0 Å². The number of hydrogen-bond donors (Lipinski definition) is 0. The Hall–Kier alpha value is -10.2. The van der Waals surface area contributed by atoms with Crippen LogP contribution in [0.2, 0.25) is 0 Å². The molecule has 20 heteroatoms. The molecule has 0 aliphatic heterocycles. The van der Waals surface area contributed by atoms with Crippen molar-refractivity contribution in [3.05, 3.63) is 222 Å². The SMILES string of the molecule is CCCCCCCCCCOc1ccc(C(=O)Oc2ccc(OC(=O)c3cccc(C(=O)Oc4ccc(OC(=O)c5ccc(OCCCCCCCCCC)cc5)cc4C(=O)OCc4ccc([N+](=O)[O-])cc4)c3C)c(C(=O)OCc3ccc([N+](=O)[O-])cc3)c2)cc1. The maximum Gasteiger partial charge on any atom is 0.343 e. The average molecular weight is 1240 g/mol. The van der Waals surface area contributed by atoms with Crippen LogP contribution in [0.15, 0.2) is 152 Å². The highest BCUT2D eigenvalue weighted by Gasteiger charge is 2.26. The lowest BCUT2D eigenvalue weighted by Crippen LogP contribution is -2.18. The summed E-state index contributed by atoms with van der Waals surface area (Å²) in [6.07, 6.45) is 18.5. The van der Waals surface area contributed by atoms with Crippen LogP contribution in [0, 0.1) is 27.2 Å². The van der Waals surface area contributed by atoms with Crippen molar-refractivity contribution in [3.8, 4) is 34.5 Å². The molecule has 7 rings (SSSR count). The Balaban J connectivity index is 1.05. The van der Waals surface area contributed by atoms with Crippen LogP contribution in [0.25, 0.3) is 0 Å².